The van der Waals surface area contributed by atoms with Gasteiger partial charge in [0.2, 0.25) is 5.91 Å². The molecule has 2 heterocycles. The summed E-state index contributed by atoms with van der Waals surface area (Å²) in [5.41, 5.74) is 0. The van der Waals surface area contributed by atoms with Crippen molar-refractivity contribution >= 4 is 5.91 Å². The molecule has 0 bridgehead atoms. The largest absolute Gasteiger partial charge is 0.353 e. The summed E-state index contributed by atoms with van der Waals surface area (Å²) in [5.74, 6) is 0.0692. The van der Waals surface area contributed by atoms with E-state index in [1.807, 2.05) is 0 Å². The normalized spacial score (nSPS) is 33.2. The van der Waals surface area contributed by atoms with Gasteiger partial charge in [0.25, 0.3) is 0 Å². The van der Waals surface area contributed by atoms with Crippen molar-refractivity contribution in [2.75, 3.05) is 26.3 Å². The van der Waals surface area contributed by atoms with Crippen molar-refractivity contribution in [3.63, 3.8) is 0 Å². The zero-order chi connectivity index (χ0) is 15.0. The molecule has 2 aliphatic heterocycles. The van der Waals surface area contributed by atoms with Crippen LogP contribution in [0.2, 0.25) is 0 Å². The molecule has 1 amide bonds. The van der Waals surface area contributed by atoms with Gasteiger partial charge in [-0.15, -0.1) is 0 Å². The number of carbonyl (C=O) groups is 1. The molecular weight excluding hydrogens is 280 g/mol. The molecule has 5 nitrogen and oxygen atoms in total. The first-order valence-electron chi connectivity index (χ1n) is 9.06. The predicted octanol–water partition coefficient (Wildman–Crippen LogP) is 1.66. The van der Waals surface area contributed by atoms with Gasteiger partial charge in [-0.2, -0.15) is 0 Å². The number of hydrogen-bond donors (Lipinski definition) is 1. The Morgan fingerprint density at radius 2 is 1.77 bits per heavy atom. The van der Waals surface area contributed by atoms with Crippen molar-refractivity contribution in [1.82, 2.24) is 10.2 Å². The number of hydrogen-bond acceptors (Lipinski definition) is 4. The quantitative estimate of drug-likeness (QED) is 0.861. The van der Waals surface area contributed by atoms with Crippen LogP contribution in [0.3, 0.4) is 0 Å². The lowest BCUT2D eigenvalue weighted by molar-refractivity contribution is -0.182. The third-order valence-electron chi connectivity index (χ3n) is 5.79. The number of carbonyl (C=O) groups excluding carboxylic acids is 1. The van der Waals surface area contributed by atoms with Crippen molar-refractivity contribution in [2.24, 2.45) is 5.92 Å². The number of likely N-dealkylation sites (tertiary alicyclic amines) is 1. The van der Waals surface area contributed by atoms with Gasteiger partial charge in [0.1, 0.15) is 0 Å². The minimum atomic E-state index is -0.397. The highest BCUT2D eigenvalue weighted by Gasteiger charge is 2.42. The van der Waals surface area contributed by atoms with Crippen molar-refractivity contribution in [1.29, 1.82) is 0 Å². The molecule has 0 aromatic heterocycles. The van der Waals surface area contributed by atoms with E-state index in [9.17, 15) is 4.79 Å². The van der Waals surface area contributed by atoms with Gasteiger partial charge in [-0.05, 0) is 51.6 Å². The van der Waals surface area contributed by atoms with Crippen molar-refractivity contribution in [3.8, 4) is 0 Å². The van der Waals surface area contributed by atoms with Gasteiger partial charge in [0, 0.05) is 30.8 Å². The molecule has 0 unspecified atom stereocenters. The van der Waals surface area contributed by atoms with Crippen molar-refractivity contribution < 1.29 is 14.3 Å². The molecule has 2 saturated carbocycles. The Labute approximate surface area is 132 Å². The first kappa shape index (κ1) is 14.9. The van der Waals surface area contributed by atoms with Crippen molar-refractivity contribution in [3.05, 3.63) is 0 Å². The highest BCUT2D eigenvalue weighted by Crippen LogP contribution is 2.36. The lowest BCUT2D eigenvalue weighted by Gasteiger charge is -2.37. The predicted molar refractivity (Wildman–Crippen MR) is 82.4 cm³/mol. The van der Waals surface area contributed by atoms with Crippen LogP contribution in [-0.4, -0.2) is 55.0 Å². The molecule has 1 spiro atoms. The summed E-state index contributed by atoms with van der Waals surface area (Å²) in [4.78, 5) is 15.1. The fraction of sp³-hybridized carbons (Fsp3) is 0.941. The molecule has 22 heavy (non-hydrogen) atoms. The summed E-state index contributed by atoms with van der Waals surface area (Å²) >= 11 is 0. The van der Waals surface area contributed by atoms with Crippen LogP contribution in [0.5, 0.6) is 0 Å². The Morgan fingerprint density at radius 1 is 1.05 bits per heavy atom. The van der Waals surface area contributed by atoms with E-state index in [0.717, 1.165) is 57.7 Å². The maximum absolute atomic E-state index is 12.6. The van der Waals surface area contributed by atoms with Gasteiger partial charge in [0.15, 0.2) is 5.79 Å². The zero-order valence-electron chi connectivity index (χ0n) is 13.4. The van der Waals surface area contributed by atoms with E-state index in [4.69, 9.17) is 9.47 Å². The molecule has 4 fully saturated rings. The molecule has 1 atom stereocenters. The van der Waals surface area contributed by atoms with E-state index in [0.29, 0.717) is 13.2 Å². The average Bonchev–Trinajstić information content (AvgIpc) is 3.30. The molecule has 0 aromatic rings. The molecule has 124 valence electrons. The second-order valence-electron chi connectivity index (χ2n) is 7.45. The summed E-state index contributed by atoms with van der Waals surface area (Å²) in [7, 11) is 0. The Bertz CT molecular complexity index is 410. The van der Waals surface area contributed by atoms with E-state index in [-0.39, 0.29) is 17.9 Å². The molecule has 4 rings (SSSR count). The Balaban J connectivity index is 1.26. The number of ether oxygens (including phenoxy) is 2. The van der Waals surface area contributed by atoms with Crippen LogP contribution in [0.25, 0.3) is 0 Å². The van der Waals surface area contributed by atoms with Crippen LogP contribution in [-0.2, 0) is 14.3 Å². The lowest BCUT2D eigenvalue weighted by Crippen LogP contribution is -2.49. The van der Waals surface area contributed by atoms with Gasteiger partial charge >= 0.3 is 0 Å². The highest BCUT2D eigenvalue weighted by molar-refractivity contribution is 5.79. The minimum absolute atomic E-state index is 0.207. The minimum Gasteiger partial charge on any atom is -0.353 e. The van der Waals surface area contributed by atoms with E-state index in [1.165, 1.54) is 12.8 Å². The molecule has 1 N–H and O–H groups in total. The molecule has 5 heteroatoms. The topological polar surface area (TPSA) is 50.8 Å². The van der Waals surface area contributed by atoms with Crippen molar-refractivity contribution in [2.45, 2.75) is 69.2 Å². The van der Waals surface area contributed by atoms with E-state index < -0.39 is 5.79 Å². The van der Waals surface area contributed by atoms with E-state index in [2.05, 4.69) is 10.2 Å². The van der Waals surface area contributed by atoms with Gasteiger partial charge in [0.05, 0.1) is 13.2 Å². The van der Waals surface area contributed by atoms with E-state index >= 15 is 0 Å². The Kier molecular flexibility index (Phi) is 4.13. The van der Waals surface area contributed by atoms with Crippen LogP contribution in [0.1, 0.15) is 51.4 Å². The molecule has 2 aliphatic carbocycles. The molecule has 0 aromatic carbocycles. The number of nitrogens with one attached hydrogen (secondary N) is 1. The summed E-state index contributed by atoms with van der Waals surface area (Å²) in [6, 6.07) is 1.06. The Morgan fingerprint density at radius 3 is 2.45 bits per heavy atom. The number of rotatable bonds is 3. The number of amides is 1. The average molecular weight is 308 g/mol. The van der Waals surface area contributed by atoms with Crippen LogP contribution in [0.15, 0.2) is 0 Å². The summed E-state index contributed by atoms with van der Waals surface area (Å²) in [6.07, 6.45) is 8.69. The Hall–Kier alpha value is -0.650. The summed E-state index contributed by atoms with van der Waals surface area (Å²) in [5, 5.41) is 3.28. The highest BCUT2D eigenvalue weighted by atomic mass is 16.7. The second-order valence-corrected chi connectivity index (χ2v) is 7.45. The maximum Gasteiger partial charge on any atom is 0.223 e. The van der Waals surface area contributed by atoms with Gasteiger partial charge < -0.3 is 19.7 Å². The van der Waals surface area contributed by atoms with Crippen LogP contribution in [0.4, 0.5) is 0 Å². The molecule has 2 saturated heterocycles. The molecule has 4 aliphatic rings. The monoisotopic (exact) mass is 308 g/mol. The number of piperidine rings is 1. The van der Waals surface area contributed by atoms with Crippen LogP contribution < -0.4 is 5.32 Å². The van der Waals surface area contributed by atoms with Gasteiger partial charge in [-0.25, -0.2) is 0 Å². The van der Waals surface area contributed by atoms with Gasteiger partial charge in [-0.1, -0.05) is 0 Å². The van der Waals surface area contributed by atoms with Crippen LogP contribution >= 0.6 is 0 Å². The third-order valence-corrected chi connectivity index (χ3v) is 5.79. The van der Waals surface area contributed by atoms with Crippen LogP contribution in [0, 0.1) is 5.92 Å². The summed E-state index contributed by atoms with van der Waals surface area (Å²) in [6.45, 7) is 3.59. The fourth-order valence-electron chi connectivity index (χ4n) is 4.37. The molecular formula is C17H28N2O3. The lowest BCUT2D eigenvalue weighted by atomic mass is 9.88. The first-order valence-corrected chi connectivity index (χ1v) is 9.06. The third kappa shape index (κ3) is 3.17. The zero-order valence-corrected chi connectivity index (χ0v) is 13.4. The molecule has 0 radical (unpaired) electrons. The van der Waals surface area contributed by atoms with Gasteiger partial charge in [-0.3, -0.25) is 4.79 Å². The summed E-state index contributed by atoms with van der Waals surface area (Å²) < 4.78 is 11.6. The fourth-order valence-corrected chi connectivity index (χ4v) is 4.37. The first-order chi connectivity index (χ1) is 10.7. The smallest absolute Gasteiger partial charge is 0.223 e. The second kappa shape index (κ2) is 6.10. The standard InChI is InChI=1S/C17H28N2O3/c20-16(13-5-8-19(9-6-13)15-3-4-15)18-14-2-1-7-17(12-14)21-10-11-22-17/h13-15H,1-12H2,(H,18,20)/t14-/m1/s1. The SMILES string of the molecule is O=C(N[C@@H]1CCCC2(C1)OCCO2)C1CCN(C2CC2)CC1. The van der Waals surface area contributed by atoms with E-state index in [1.54, 1.807) is 0 Å². The number of nitrogens with zero attached hydrogens (tertiary/aromatic N) is 1. The maximum atomic E-state index is 12.6.